The molecule has 1 aliphatic rings. The summed E-state index contributed by atoms with van der Waals surface area (Å²) in [5.41, 5.74) is 0. The van der Waals surface area contributed by atoms with E-state index in [1.807, 2.05) is 0 Å². The summed E-state index contributed by atoms with van der Waals surface area (Å²) in [6.07, 6.45) is 5.51. The molecule has 0 aromatic rings. The van der Waals surface area contributed by atoms with Crippen LogP contribution < -0.4 is 5.32 Å². The van der Waals surface area contributed by atoms with Gasteiger partial charge >= 0.3 is 0 Å². The SMILES string of the molecule is CCCNC(CCN(CC)CC)C1CC1. The van der Waals surface area contributed by atoms with Crippen molar-refractivity contribution < 1.29 is 0 Å². The van der Waals surface area contributed by atoms with E-state index in [1.165, 1.54) is 51.9 Å². The highest BCUT2D eigenvalue weighted by Gasteiger charge is 2.30. The first-order chi connectivity index (χ1) is 7.31. The number of hydrogen-bond donors (Lipinski definition) is 1. The lowest BCUT2D eigenvalue weighted by Gasteiger charge is -2.23. The predicted octanol–water partition coefficient (Wildman–Crippen LogP) is 2.50. The lowest BCUT2D eigenvalue weighted by atomic mass is 10.1. The molecule has 1 saturated carbocycles. The van der Waals surface area contributed by atoms with E-state index in [4.69, 9.17) is 0 Å². The average molecular weight is 212 g/mol. The molecule has 90 valence electrons. The standard InChI is InChI=1S/C13H28N2/c1-4-10-14-13(12-7-8-12)9-11-15(5-2)6-3/h12-14H,4-11H2,1-3H3. The Balaban J connectivity index is 2.18. The predicted molar refractivity (Wildman–Crippen MR) is 67.2 cm³/mol. The fourth-order valence-corrected chi connectivity index (χ4v) is 2.19. The van der Waals surface area contributed by atoms with Crippen LogP contribution in [0.1, 0.15) is 46.5 Å². The minimum atomic E-state index is 0.797. The third-order valence-electron chi connectivity index (χ3n) is 3.50. The smallest absolute Gasteiger partial charge is 0.0107 e. The van der Waals surface area contributed by atoms with Crippen molar-refractivity contribution in [3.8, 4) is 0 Å². The summed E-state index contributed by atoms with van der Waals surface area (Å²) >= 11 is 0. The maximum absolute atomic E-state index is 3.71. The monoisotopic (exact) mass is 212 g/mol. The summed E-state index contributed by atoms with van der Waals surface area (Å²) in [5, 5.41) is 3.71. The third-order valence-corrected chi connectivity index (χ3v) is 3.50. The second kappa shape index (κ2) is 7.24. The van der Waals surface area contributed by atoms with Gasteiger partial charge in [-0.05, 0) is 57.8 Å². The van der Waals surface area contributed by atoms with Crippen molar-refractivity contribution in [2.24, 2.45) is 5.92 Å². The van der Waals surface area contributed by atoms with Crippen molar-refractivity contribution in [1.82, 2.24) is 10.2 Å². The Hall–Kier alpha value is -0.0800. The van der Waals surface area contributed by atoms with E-state index in [2.05, 4.69) is 31.0 Å². The quantitative estimate of drug-likeness (QED) is 0.632. The minimum Gasteiger partial charge on any atom is -0.314 e. The normalized spacial score (nSPS) is 18.4. The second-order valence-electron chi connectivity index (χ2n) is 4.71. The molecule has 1 fully saturated rings. The van der Waals surface area contributed by atoms with Gasteiger partial charge in [-0.1, -0.05) is 20.8 Å². The molecule has 0 spiro atoms. The Labute approximate surface area is 95.4 Å². The van der Waals surface area contributed by atoms with Crippen molar-refractivity contribution in [3.63, 3.8) is 0 Å². The maximum atomic E-state index is 3.71. The van der Waals surface area contributed by atoms with Gasteiger partial charge in [0.2, 0.25) is 0 Å². The molecule has 15 heavy (non-hydrogen) atoms. The summed E-state index contributed by atoms with van der Waals surface area (Å²) in [4.78, 5) is 2.53. The molecule has 0 bridgehead atoms. The minimum absolute atomic E-state index is 0.797. The first-order valence-corrected chi connectivity index (χ1v) is 6.77. The number of hydrogen-bond acceptors (Lipinski definition) is 2. The summed E-state index contributed by atoms with van der Waals surface area (Å²) in [6.45, 7) is 11.6. The molecule has 0 aromatic carbocycles. The largest absolute Gasteiger partial charge is 0.314 e. The van der Waals surface area contributed by atoms with Gasteiger partial charge in [0.15, 0.2) is 0 Å². The molecule has 0 heterocycles. The van der Waals surface area contributed by atoms with Crippen molar-refractivity contribution >= 4 is 0 Å². The summed E-state index contributed by atoms with van der Waals surface area (Å²) in [5.74, 6) is 0.993. The van der Waals surface area contributed by atoms with Crippen LogP contribution >= 0.6 is 0 Å². The van der Waals surface area contributed by atoms with E-state index in [9.17, 15) is 0 Å². The molecule has 2 nitrogen and oxygen atoms in total. The Morgan fingerprint density at radius 1 is 1.20 bits per heavy atom. The van der Waals surface area contributed by atoms with E-state index in [0.717, 1.165) is 12.0 Å². The Morgan fingerprint density at radius 3 is 2.33 bits per heavy atom. The van der Waals surface area contributed by atoms with E-state index in [-0.39, 0.29) is 0 Å². The molecule has 0 amide bonds. The van der Waals surface area contributed by atoms with Gasteiger partial charge in [-0.25, -0.2) is 0 Å². The topological polar surface area (TPSA) is 15.3 Å². The van der Waals surface area contributed by atoms with Crippen LogP contribution in [0.5, 0.6) is 0 Å². The Bertz CT molecular complexity index is 151. The van der Waals surface area contributed by atoms with Crippen molar-refractivity contribution in [2.75, 3.05) is 26.2 Å². The molecule has 1 atom stereocenters. The lowest BCUT2D eigenvalue weighted by Crippen LogP contribution is -2.36. The zero-order valence-electron chi connectivity index (χ0n) is 10.8. The van der Waals surface area contributed by atoms with Gasteiger partial charge in [0.25, 0.3) is 0 Å². The molecule has 0 saturated heterocycles. The van der Waals surface area contributed by atoms with Gasteiger partial charge in [-0.2, -0.15) is 0 Å². The van der Waals surface area contributed by atoms with Crippen molar-refractivity contribution in [3.05, 3.63) is 0 Å². The zero-order chi connectivity index (χ0) is 11.1. The summed E-state index contributed by atoms with van der Waals surface area (Å²) in [7, 11) is 0. The van der Waals surface area contributed by atoms with Crippen LogP contribution in [0.15, 0.2) is 0 Å². The fraction of sp³-hybridized carbons (Fsp3) is 1.00. The van der Waals surface area contributed by atoms with Crippen molar-refractivity contribution in [2.45, 2.75) is 52.5 Å². The molecule has 2 heteroatoms. The fourth-order valence-electron chi connectivity index (χ4n) is 2.19. The van der Waals surface area contributed by atoms with E-state index < -0.39 is 0 Å². The lowest BCUT2D eigenvalue weighted by molar-refractivity contribution is 0.273. The van der Waals surface area contributed by atoms with Crippen LogP contribution in [0.4, 0.5) is 0 Å². The number of nitrogens with one attached hydrogen (secondary N) is 1. The first kappa shape index (κ1) is 13.0. The van der Waals surface area contributed by atoms with E-state index in [1.54, 1.807) is 0 Å². The molecule has 1 N–H and O–H groups in total. The van der Waals surface area contributed by atoms with Gasteiger partial charge in [0.05, 0.1) is 0 Å². The molecule has 0 radical (unpaired) electrons. The first-order valence-electron chi connectivity index (χ1n) is 6.77. The molecule has 0 aliphatic heterocycles. The van der Waals surface area contributed by atoms with Gasteiger partial charge in [-0.15, -0.1) is 0 Å². The molecular formula is C13H28N2. The van der Waals surface area contributed by atoms with Crippen LogP contribution in [0.2, 0.25) is 0 Å². The van der Waals surface area contributed by atoms with Crippen LogP contribution in [-0.4, -0.2) is 37.1 Å². The molecule has 1 unspecified atom stereocenters. The van der Waals surface area contributed by atoms with Crippen LogP contribution in [0.3, 0.4) is 0 Å². The summed E-state index contributed by atoms with van der Waals surface area (Å²) in [6, 6.07) is 0.797. The van der Waals surface area contributed by atoms with E-state index >= 15 is 0 Å². The number of rotatable bonds is 9. The highest BCUT2D eigenvalue weighted by molar-refractivity contribution is 4.86. The average Bonchev–Trinajstić information content (AvgIpc) is 3.07. The highest BCUT2D eigenvalue weighted by atomic mass is 15.1. The number of nitrogens with zero attached hydrogens (tertiary/aromatic N) is 1. The molecule has 0 aromatic heterocycles. The van der Waals surface area contributed by atoms with Gasteiger partial charge in [0, 0.05) is 6.04 Å². The van der Waals surface area contributed by atoms with E-state index in [0.29, 0.717) is 0 Å². The highest BCUT2D eigenvalue weighted by Crippen LogP contribution is 2.34. The van der Waals surface area contributed by atoms with Crippen LogP contribution in [0, 0.1) is 5.92 Å². The molecular weight excluding hydrogens is 184 g/mol. The maximum Gasteiger partial charge on any atom is 0.0107 e. The Morgan fingerprint density at radius 2 is 1.87 bits per heavy atom. The van der Waals surface area contributed by atoms with Crippen LogP contribution in [0.25, 0.3) is 0 Å². The van der Waals surface area contributed by atoms with Gasteiger partial charge in [-0.3, -0.25) is 0 Å². The van der Waals surface area contributed by atoms with Crippen LogP contribution in [-0.2, 0) is 0 Å². The summed E-state index contributed by atoms with van der Waals surface area (Å²) < 4.78 is 0. The van der Waals surface area contributed by atoms with Gasteiger partial charge in [0.1, 0.15) is 0 Å². The third kappa shape index (κ3) is 4.98. The van der Waals surface area contributed by atoms with Gasteiger partial charge < -0.3 is 10.2 Å². The molecule has 1 aliphatic carbocycles. The molecule has 1 rings (SSSR count). The second-order valence-corrected chi connectivity index (χ2v) is 4.71. The Kier molecular flexibility index (Phi) is 6.26. The van der Waals surface area contributed by atoms with Crippen molar-refractivity contribution in [1.29, 1.82) is 0 Å². The zero-order valence-corrected chi connectivity index (χ0v) is 10.8.